The summed E-state index contributed by atoms with van der Waals surface area (Å²) in [6.45, 7) is 7.66. The second-order valence-corrected chi connectivity index (χ2v) is 8.66. The highest BCUT2D eigenvalue weighted by Gasteiger charge is 2.37. The van der Waals surface area contributed by atoms with Crippen molar-refractivity contribution in [1.82, 2.24) is 9.80 Å². The standard InChI is InChI=1S/C21H26N2O3S/c1-21(2,3)26-20(25)23-13-16-11-22(12-17(16)14-23)19(27-4)10-18(24)15-8-6-5-7-9-15/h5-11,17H,12-14H2,1-4H3. The molecule has 1 saturated heterocycles. The first-order chi connectivity index (χ1) is 12.8. The van der Waals surface area contributed by atoms with Crippen LogP contribution in [0.2, 0.25) is 0 Å². The third-order valence-corrected chi connectivity index (χ3v) is 5.30. The van der Waals surface area contributed by atoms with Crippen molar-refractivity contribution in [2.75, 3.05) is 25.9 Å². The molecule has 2 aliphatic heterocycles. The quantitative estimate of drug-likeness (QED) is 0.575. The summed E-state index contributed by atoms with van der Waals surface area (Å²) < 4.78 is 5.47. The van der Waals surface area contributed by atoms with E-state index in [-0.39, 0.29) is 11.9 Å². The van der Waals surface area contributed by atoms with Crippen molar-refractivity contribution in [1.29, 1.82) is 0 Å². The van der Waals surface area contributed by atoms with Crippen molar-refractivity contribution in [2.24, 2.45) is 5.92 Å². The maximum atomic E-state index is 12.5. The van der Waals surface area contributed by atoms with E-state index < -0.39 is 5.60 Å². The number of benzene rings is 1. The lowest BCUT2D eigenvalue weighted by atomic mass is 10.1. The molecule has 1 aromatic carbocycles. The Hall–Kier alpha value is -2.21. The van der Waals surface area contributed by atoms with Crippen LogP contribution in [-0.2, 0) is 4.74 Å². The van der Waals surface area contributed by atoms with Crippen LogP contribution >= 0.6 is 11.8 Å². The Bertz CT molecular complexity index is 780. The molecule has 0 saturated carbocycles. The summed E-state index contributed by atoms with van der Waals surface area (Å²) in [5, 5.41) is 0.926. The molecule has 0 spiro atoms. The number of fused-ring (bicyclic) bond motifs is 1. The molecule has 3 rings (SSSR count). The van der Waals surface area contributed by atoms with Crippen molar-refractivity contribution >= 4 is 23.6 Å². The molecule has 1 fully saturated rings. The van der Waals surface area contributed by atoms with Crippen molar-refractivity contribution in [3.8, 4) is 0 Å². The van der Waals surface area contributed by atoms with Crippen LogP contribution in [0.5, 0.6) is 0 Å². The topological polar surface area (TPSA) is 49.9 Å². The Labute approximate surface area is 165 Å². The molecule has 0 N–H and O–H groups in total. The SMILES string of the molecule is CSC(=CC(=O)c1ccccc1)N1C=C2CN(C(=O)OC(C)(C)C)CC2C1. The average molecular weight is 387 g/mol. The number of hydrogen-bond acceptors (Lipinski definition) is 5. The van der Waals surface area contributed by atoms with E-state index >= 15 is 0 Å². The van der Waals surface area contributed by atoms with E-state index in [1.165, 1.54) is 5.57 Å². The Balaban J connectivity index is 1.68. The number of ether oxygens (including phenoxy) is 1. The second kappa shape index (κ2) is 7.80. The van der Waals surface area contributed by atoms with Crippen LogP contribution in [0.1, 0.15) is 31.1 Å². The number of hydrogen-bond donors (Lipinski definition) is 0. The van der Waals surface area contributed by atoms with Gasteiger partial charge in [-0.15, -0.1) is 11.8 Å². The van der Waals surface area contributed by atoms with Gasteiger partial charge in [-0.3, -0.25) is 4.79 Å². The van der Waals surface area contributed by atoms with Crippen LogP contribution in [-0.4, -0.2) is 53.2 Å². The van der Waals surface area contributed by atoms with E-state index in [0.29, 0.717) is 24.6 Å². The number of ketones is 1. The third-order valence-electron chi connectivity index (χ3n) is 4.53. The molecule has 1 atom stereocenters. The predicted molar refractivity (Wildman–Crippen MR) is 108 cm³/mol. The van der Waals surface area contributed by atoms with Crippen LogP contribution in [0.4, 0.5) is 4.79 Å². The molecule has 1 unspecified atom stereocenters. The molecule has 2 aliphatic rings. The van der Waals surface area contributed by atoms with Gasteiger partial charge in [0.25, 0.3) is 0 Å². The molecular formula is C21H26N2O3S. The van der Waals surface area contributed by atoms with Crippen molar-refractivity contribution < 1.29 is 14.3 Å². The van der Waals surface area contributed by atoms with Gasteiger partial charge < -0.3 is 14.5 Å². The summed E-state index contributed by atoms with van der Waals surface area (Å²) in [5.74, 6) is 0.297. The number of carbonyl (C=O) groups excluding carboxylic acids is 2. The molecule has 1 aromatic rings. The van der Waals surface area contributed by atoms with Crippen LogP contribution < -0.4 is 0 Å². The van der Waals surface area contributed by atoms with Gasteiger partial charge in [0, 0.05) is 43.4 Å². The van der Waals surface area contributed by atoms with Gasteiger partial charge in [-0.2, -0.15) is 0 Å². The zero-order valence-electron chi connectivity index (χ0n) is 16.3. The first-order valence-corrected chi connectivity index (χ1v) is 10.3. The summed E-state index contributed by atoms with van der Waals surface area (Å²) in [5.41, 5.74) is 1.42. The molecule has 144 valence electrons. The van der Waals surface area contributed by atoms with Crippen molar-refractivity contribution in [3.63, 3.8) is 0 Å². The second-order valence-electron chi connectivity index (χ2n) is 7.83. The number of amides is 1. The smallest absolute Gasteiger partial charge is 0.410 e. The molecule has 27 heavy (non-hydrogen) atoms. The third kappa shape index (κ3) is 4.75. The fourth-order valence-corrected chi connectivity index (χ4v) is 3.87. The summed E-state index contributed by atoms with van der Waals surface area (Å²) in [6, 6.07) is 9.29. The van der Waals surface area contributed by atoms with Crippen molar-refractivity contribution in [2.45, 2.75) is 26.4 Å². The largest absolute Gasteiger partial charge is 0.444 e. The Kier molecular flexibility index (Phi) is 5.65. The maximum Gasteiger partial charge on any atom is 0.410 e. The fourth-order valence-electron chi connectivity index (χ4n) is 3.28. The fraction of sp³-hybridized carbons (Fsp3) is 0.429. The minimum Gasteiger partial charge on any atom is -0.444 e. The van der Waals surface area contributed by atoms with Gasteiger partial charge in [0.1, 0.15) is 5.60 Å². The van der Waals surface area contributed by atoms with E-state index in [2.05, 4.69) is 11.1 Å². The molecule has 0 aromatic heterocycles. The maximum absolute atomic E-state index is 12.5. The summed E-state index contributed by atoms with van der Waals surface area (Å²) in [7, 11) is 0. The first-order valence-electron chi connectivity index (χ1n) is 9.07. The molecule has 1 amide bonds. The molecule has 2 heterocycles. The van der Waals surface area contributed by atoms with Gasteiger partial charge in [-0.1, -0.05) is 30.3 Å². The highest BCUT2D eigenvalue weighted by atomic mass is 32.2. The molecule has 5 nitrogen and oxygen atoms in total. The average Bonchev–Trinajstić information content (AvgIpc) is 3.17. The van der Waals surface area contributed by atoms with Gasteiger partial charge in [0.15, 0.2) is 5.78 Å². The molecule has 0 radical (unpaired) electrons. The zero-order valence-corrected chi connectivity index (χ0v) is 17.1. The first kappa shape index (κ1) is 19.5. The highest BCUT2D eigenvalue weighted by Crippen LogP contribution is 2.34. The summed E-state index contributed by atoms with van der Waals surface area (Å²) in [6.07, 6.45) is 5.49. The van der Waals surface area contributed by atoms with Gasteiger partial charge >= 0.3 is 6.09 Å². The lowest BCUT2D eigenvalue weighted by Gasteiger charge is -2.25. The van der Waals surface area contributed by atoms with Crippen LogP contribution in [0.15, 0.2) is 53.2 Å². The Morgan fingerprint density at radius 1 is 1.19 bits per heavy atom. The van der Waals surface area contributed by atoms with Gasteiger partial charge in [0.2, 0.25) is 0 Å². The van der Waals surface area contributed by atoms with Crippen LogP contribution in [0, 0.1) is 5.92 Å². The van der Waals surface area contributed by atoms with Crippen LogP contribution in [0.25, 0.3) is 0 Å². The highest BCUT2D eigenvalue weighted by molar-refractivity contribution is 8.02. The predicted octanol–water partition coefficient (Wildman–Crippen LogP) is 4.14. The molecule has 0 aliphatic carbocycles. The number of carbonyl (C=O) groups is 2. The van der Waals surface area contributed by atoms with Crippen molar-refractivity contribution in [3.05, 3.63) is 58.8 Å². The van der Waals surface area contributed by atoms with E-state index in [9.17, 15) is 9.59 Å². The van der Waals surface area contributed by atoms with E-state index in [1.807, 2.05) is 57.4 Å². The Morgan fingerprint density at radius 2 is 1.89 bits per heavy atom. The Morgan fingerprint density at radius 3 is 2.48 bits per heavy atom. The van der Waals surface area contributed by atoms with E-state index in [0.717, 1.165) is 11.6 Å². The van der Waals surface area contributed by atoms with E-state index in [1.54, 1.807) is 22.7 Å². The van der Waals surface area contributed by atoms with Gasteiger partial charge in [0.05, 0.1) is 5.03 Å². The minimum absolute atomic E-state index is 0.00536. The molecular weight excluding hydrogens is 360 g/mol. The number of allylic oxidation sites excluding steroid dienone is 1. The van der Waals surface area contributed by atoms with Gasteiger partial charge in [-0.25, -0.2) is 4.79 Å². The van der Waals surface area contributed by atoms with Gasteiger partial charge in [-0.05, 0) is 32.6 Å². The number of nitrogens with zero attached hydrogens (tertiary/aromatic N) is 2. The minimum atomic E-state index is -0.484. The number of rotatable bonds is 4. The zero-order chi connectivity index (χ0) is 19.6. The van der Waals surface area contributed by atoms with E-state index in [4.69, 9.17) is 4.74 Å². The lowest BCUT2D eigenvalue weighted by Crippen LogP contribution is -2.36. The van der Waals surface area contributed by atoms with Crippen LogP contribution in [0.3, 0.4) is 0 Å². The normalized spacial score (nSPS) is 19.8. The molecule has 6 heteroatoms. The molecule has 0 bridgehead atoms. The number of thioether (sulfide) groups is 1. The monoisotopic (exact) mass is 386 g/mol. The number of likely N-dealkylation sites (tertiary alicyclic amines) is 1. The summed E-state index contributed by atoms with van der Waals surface area (Å²) >= 11 is 1.56. The lowest BCUT2D eigenvalue weighted by molar-refractivity contribution is 0.0288. The summed E-state index contributed by atoms with van der Waals surface area (Å²) in [4.78, 5) is 28.6.